The van der Waals surface area contributed by atoms with Gasteiger partial charge >= 0.3 is 0 Å². The first-order chi connectivity index (χ1) is 12.6. The van der Waals surface area contributed by atoms with E-state index in [9.17, 15) is 9.50 Å². The summed E-state index contributed by atoms with van der Waals surface area (Å²) in [4.78, 5) is 2.26. The van der Waals surface area contributed by atoms with Crippen LogP contribution in [0, 0.1) is 11.2 Å². The van der Waals surface area contributed by atoms with Crippen LogP contribution in [0.25, 0.3) is 0 Å². The van der Waals surface area contributed by atoms with Crippen molar-refractivity contribution in [1.29, 1.82) is 0 Å². The highest BCUT2D eigenvalue weighted by molar-refractivity contribution is 7.15. The Hall–Kier alpha value is -1.57. The molecule has 2 heterocycles. The molecule has 1 saturated heterocycles. The molecule has 1 spiro atoms. The van der Waals surface area contributed by atoms with Crippen molar-refractivity contribution in [2.24, 2.45) is 5.41 Å². The van der Waals surface area contributed by atoms with E-state index in [1.54, 1.807) is 23.5 Å². The summed E-state index contributed by atoms with van der Waals surface area (Å²) in [6, 6.07) is 6.51. The SMILES string of the molecule is CCOC1CC(O)C12CCN(c1nnc(Cc3ccc(F)cc3)s1)CC2. The molecule has 140 valence electrons. The first-order valence-electron chi connectivity index (χ1n) is 9.22. The van der Waals surface area contributed by atoms with E-state index in [-0.39, 0.29) is 23.4 Å². The lowest BCUT2D eigenvalue weighted by Gasteiger charge is -2.56. The molecule has 0 bridgehead atoms. The van der Waals surface area contributed by atoms with Crippen molar-refractivity contribution in [2.45, 2.75) is 44.8 Å². The molecule has 2 aliphatic rings. The molecule has 0 radical (unpaired) electrons. The van der Waals surface area contributed by atoms with Crippen molar-refractivity contribution < 1.29 is 14.2 Å². The second kappa shape index (κ2) is 7.21. The number of benzene rings is 1. The molecule has 2 aromatic rings. The van der Waals surface area contributed by atoms with Gasteiger partial charge in [-0.15, -0.1) is 10.2 Å². The number of rotatable bonds is 5. The summed E-state index contributed by atoms with van der Waals surface area (Å²) in [7, 11) is 0. The molecule has 2 fully saturated rings. The number of halogens is 1. The maximum atomic E-state index is 13.0. The van der Waals surface area contributed by atoms with Gasteiger partial charge < -0.3 is 14.7 Å². The number of aliphatic hydroxyl groups excluding tert-OH is 1. The molecular weight excluding hydrogens is 353 g/mol. The summed E-state index contributed by atoms with van der Waals surface area (Å²) >= 11 is 1.59. The fraction of sp³-hybridized carbons (Fsp3) is 0.579. The van der Waals surface area contributed by atoms with E-state index in [4.69, 9.17) is 4.74 Å². The topological polar surface area (TPSA) is 58.5 Å². The summed E-state index contributed by atoms with van der Waals surface area (Å²) in [6.07, 6.45) is 3.21. The lowest BCUT2D eigenvalue weighted by atomic mass is 9.58. The van der Waals surface area contributed by atoms with Crippen molar-refractivity contribution in [1.82, 2.24) is 10.2 Å². The third kappa shape index (κ3) is 3.23. The average Bonchev–Trinajstić information content (AvgIpc) is 3.12. The molecule has 7 heteroatoms. The van der Waals surface area contributed by atoms with Gasteiger partial charge in [-0.3, -0.25) is 0 Å². The summed E-state index contributed by atoms with van der Waals surface area (Å²) in [5.41, 5.74) is 0.956. The number of piperidine rings is 1. The number of hydrogen-bond donors (Lipinski definition) is 1. The lowest BCUT2D eigenvalue weighted by molar-refractivity contribution is -0.199. The van der Waals surface area contributed by atoms with E-state index in [1.165, 1.54) is 12.1 Å². The van der Waals surface area contributed by atoms with Crippen molar-refractivity contribution in [3.05, 3.63) is 40.7 Å². The van der Waals surface area contributed by atoms with Crippen molar-refractivity contribution in [2.75, 3.05) is 24.6 Å². The molecule has 1 saturated carbocycles. The minimum absolute atomic E-state index is 0.0753. The van der Waals surface area contributed by atoms with Crippen LogP contribution in [0.2, 0.25) is 0 Å². The van der Waals surface area contributed by atoms with E-state index < -0.39 is 0 Å². The van der Waals surface area contributed by atoms with Crippen LogP contribution in [0.3, 0.4) is 0 Å². The lowest BCUT2D eigenvalue weighted by Crippen LogP contribution is -2.62. The molecule has 2 atom stereocenters. The number of anilines is 1. The molecule has 2 unspecified atom stereocenters. The Morgan fingerprint density at radius 2 is 2.00 bits per heavy atom. The smallest absolute Gasteiger partial charge is 0.208 e. The van der Waals surface area contributed by atoms with Gasteiger partial charge in [0.05, 0.1) is 12.2 Å². The van der Waals surface area contributed by atoms with Crippen LogP contribution >= 0.6 is 11.3 Å². The van der Waals surface area contributed by atoms with E-state index >= 15 is 0 Å². The molecule has 1 aliphatic carbocycles. The molecule has 0 amide bonds. The number of hydrogen-bond acceptors (Lipinski definition) is 6. The minimum Gasteiger partial charge on any atom is -0.392 e. The van der Waals surface area contributed by atoms with Gasteiger partial charge in [-0.2, -0.15) is 0 Å². The Balaban J connectivity index is 1.38. The number of aromatic nitrogens is 2. The molecule has 1 aromatic carbocycles. The highest BCUT2D eigenvalue weighted by Gasteiger charge is 2.56. The average molecular weight is 377 g/mol. The summed E-state index contributed by atoms with van der Waals surface area (Å²) in [5, 5.41) is 20.8. The van der Waals surface area contributed by atoms with Crippen LogP contribution < -0.4 is 4.90 Å². The third-order valence-corrected chi connectivity index (χ3v) is 6.78. The van der Waals surface area contributed by atoms with Gasteiger partial charge in [0.25, 0.3) is 0 Å². The van der Waals surface area contributed by atoms with Gasteiger partial charge in [0, 0.05) is 38.0 Å². The van der Waals surface area contributed by atoms with Gasteiger partial charge in [0.2, 0.25) is 5.13 Å². The van der Waals surface area contributed by atoms with Gasteiger partial charge in [-0.25, -0.2) is 4.39 Å². The van der Waals surface area contributed by atoms with E-state index in [0.29, 0.717) is 13.0 Å². The Morgan fingerprint density at radius 1 is 1.27 bits per heavy atom. The zero-order valence-electron chi connectivity index (χ0n) is 14.9. The van der Waals surface area contributed by atoms with E-state index in [1.807, 2.05) is 6.92 Å². The zero-order valence-corrected chi connectivity index (χ0v) is 15.7. The van der Waals surface area contributed by atoms with Crippen LogP contribution in [0.1, 0.15) is 36.8 Å². The van der Waals surface area contributed by atoms with Crippen LogP contribution in [0.15, 0.2) is 24.3 Å². The number of aliphatic hydroxyl groups is 1. The minimum atomic E-state index is -0.246. The van der Waals surface area contributed by atoms with Crippen molar-refractivity contribution >= 4 is 16.5 Å². The van der Waals surface area contributed by atoms with Gasteiger partial charge in [-0.1, -0.05) is 23.5 Å². The Kier molecular flexibility index (Phi) is 4.94. The largest absolute Gasteiger partial charge is 0.392 e. The van der Waals surface area contributed by atoms with Crippen LogP contribution in [-0.2, 0) is 11.2 Å². The standard InChI is InChI=1S/C19H24FN3O2S/c1-2-25-16-12-15(24)19(16)7-9-23(10-8-19)18-22-21-17(26-18)11-13-3-5-14(20)6-4-13/h3-6,15-16,24H,2,7-12H2,1H3. The molecular formula is C19H24FN3O2S. The van der Waals surface area contributed by atoms with Crippen LogP contribution in [0.4, 0.5) is 9.52 Å². The van der Waals surface area contributed by atoms with Gasteiger partial charge in [-0.05, 0) is 37.5 Å². The summed E-state index contributed by atoms with van der Waals surface area (Å²) in [6.45, 7) is 4.45. The van der Waals surface area contributed by atoms with Gasteiger partial charge in [0.1, 0.15) is 10.8 Å². The molecule has 5 nitrogen and oxygen atoms in total. The Labute approximate surface area is 156 Å². The summed E-state index contributed by atoms with van der Waals surface area (Å²) in [5.74, 6) is -0.225. The van der Waals surface area contributed by atoms with E-state index in [2.05, 4.69) is 15.1 Å². The van der Waals surface area contributed by atoms with Crippen LogP contribution in [-0.4, -0.2) is 47.2 Å². The maximum Gasteiger partial charge on any atom is 0.208 e. The fourth-order valence-electron chi connectivity index (χ4n) is 4.15. The highest BCUT2D eigenvalue weighted by Crippen LogP contribution is 2.51. The van der Waals surface area contributed by atoms with Crippen molar-refractivity contribution in [3.63, 3.8) is 0 Å². The molecule has 4 rings (SSSR count). The maximum absolute atomic E-state index is 13.0. The first kappa shape index (κ1) is 17.8. The normalized spacial score (nSPS) is 24.7. The molecule has 1 N–H and O–H groups in total. The molecule has 1 aromatic heterocycles. The fourth-order valence-corrected chi connectivity index (χ4v) is 5.08. The third-order valence-electron chi connectivity index (χ3n) is 5.80. The molecule has 1 aliphatic heterocycles. The van der Waals surface area contributed by atoms with Crippen LogP contribution in [0.5, 0.6) is 0 Å². The first-order valence-corrected chi connectivity index (χ1v) is 10.0. The van der Waals surface area contributed by atoms with Crippen molar-refractivity contribution in [3.8, 4) is 0 Å². The van der Waals surface area contributed by atoms with Gasteiger partial charge in [0.15, 0.2) is 0 Å². The molecule has 26 heavy (non-hydrogen) atoms. The quantitative estimate of drug-likeness (QED) is 0.868. The monoisotopic (exact) mass is 377 g/mol. The Bertz CT molecular complexity index is 741. The highest BCUT2D eigenvalue weighted by atomic mass is 32.1. The van der Waals surface area contributed by atoms with E-state index in [0.717, 1.165) is 48.1 Å². The second-order valence-electron chi connectivity index (χ2n) is 7.20. The second-order valence-corrected chi connectivity index (χ2v) is 8.24. The zero-order chi connectivity index (χ0) is 18.1. The number of nitrogens with zero attached hydrogens (tertiary/aromatic N) is 3. The summed E-state index contributed by atoms with van der Waals surface area (Å²) < 4.78 is 18.8. The Morgan fingerprint density at radius 3 is 2.65 bits per heavy atom. The predicted octanol–water partition coefficient (Wildman–Crippen LogP) is 3.02. The predicted molar refractivity (Wildman–Crippen MR) is 99.0 cm³/mol. The number of ether oxygens (including phenoxy) is 1.